The molecule has 1 aromatic carbocycles. The topological polar surface area (TPSA) is 34.1 Å². The average Bonchev–Trinajstić information content (AvgIpc) is 2.40. The van der Waals surface area contributed by atoms with Gasteiger partial charge in [-0.2, -0.15) is 0 Å². The molecule has 0 saturated heterocycles. The van der Waals surface area contributed by atoms with Crippen molar-refractivity contribution in [2.75, 3.05) is 12.4 Å². The third-order valence-electron chi connectivity index (χ3n) is 2.33. The Labute approximate surface area is 113 Å². The fraction of sp³-hybridized carbons (Fsp3) is 0.154. The van der Waals surface area contributed by atoms with Crippen LogP contribution in [0.3, 0.4) is 0 Å². The molecule has 0 saturated carbocycles. The Kier molecular flexibility index (Phi) is 4.15. The second kappa shape index (κ2) is 5.82. The van der Waals surface area contributed by atoms with Gasteiger partial charge in [0, 0.05) is 13.1 Å². The molecule has 0 aliphatic carbocycles. The molecule has 94 valence electrons. The van der Waals surface area contributed by atoms with Crippen molar-refractivity contribution >= 4 is 21.7 Å². The number of nitrogens with one attached hydrogen (secondary N) is 1. The third kappa shape index (κ3) is 3.20. The molecule has 0 unspecified atom stereocenters. The Morgan fingerprint density at radius 3 is 2.94 bits per heavy atom. The molecular weight excluding hydrogens is 299 g/mol. The highest BCUT2D eigenvalue weighted by Crippen LogP contribution is 2.26. The predicted octanol–water partition coefficient (Wildman–Crippen LogP) is 3.60. The first kappa shape index (κ1) is 12.8. The molecule has 3 nitrogen and oxygen atoms in total. The molecule has 2 rings (SSSR count). The zero-order chi connectivity index (χ0) is 13.0. The third-order valence-corrected chi connectivity index (χ3v) is 2.99. The lowest BCUT2D eigenvalue weighted by Gasteiger charge is -2.08. The molecule has 0 radical (unpaired) electrons. The number of nitrogens with zero attached hydrogens (tertiary/aromatic N) is 1. The van der Waals surface area contributed by atoms with Gasteiger partial charge in [0.25, 0.3) is 0 Å². The summed E-state index contributed by atoms with van der Waals surface area (Å²) < 4.78 is 19.3. The Balaban J connectivity index is 2.08. The van der Waals surface area contributed by atoms with Crippen molar-refractivity contribution in [3.63, 3.8) is 0 Å². The fourth-order valence-electron chi connectivity index (χ4n) is 1.44. The zero-order valence-corrected chi connectivity index (χ0v) is 11.4. The Morgan fingerprint density at radius 2 is 2.17 bits per heavy atom. The molecular formula is C13H12BrFN2O. The first-order valence-corrected chi connectivity index (χ1v) is 6.20. The van der Waals surface area contributed by atoms with Crippen LogP contribution in [0.15, 0.2) is 40.9 Å². The molecule has 18 heavy (non-hydrogen) atoms. The van der Waals surface area contributed by atoms with Gasteiger partial charge in [0.1, 0.15) is 24.0 Å². The molecule has 0 spiro atoms. The maximum absolute atomic E-state index is 13.1. The van der Waals surface area contributed by atoms with E-state index in [2.05, 4.69) is 26.2 Å². The van der Waals surface area contributed by atoms with Crippen LogP contribution in [0.4, 0.5) is 10.2 Å². The molecule has 1 aromatic heterocycles. The maximum Gasteiger partial charge on any atom is 0.136 e. The average molecular weight is 311 g/mol. The van der Waals surface area contributed by atoms with Gasteiger partial charge in [-0.1, -0.05) is 6.07 Å². The van der Waals surface area contributed by atoms with Crippen LogP contribution in [0.2, 0.25) is 0 Å². The summed E-state index contributed by atoms with van der Waals surface area (Å²) in [5.74, 6) is 0.909. The Morgan fingerprint density at radius 1 is 1.33 bits per heavy atom. The number of hydrogen-bond donors (Lipinski definition) is 1. The van der Waals surface area contributed by atoms with Crippen LogP contribution >= 0.6 is 15.9 Å². The van der Waals surface area contributed by atoms with Crippen molar-refractivity contribution in [1.29, 1.82) is 0 Å². The first-order valence-electron chi connectivity index (χ1n) is 5.40. The number of halogens is 2. The smallest absolute Gasteiger partial charge is 0.136 e. The van der Waals surface area contributed by atoms with E-state index in [4.69, 9.17) is 4.74 Å². The summed E-state index contributed by atoms with van der Waals surface area (Å²) in [7, 11) is 1.80. The standard InChI is InChI=1S/C13H12BrFN2O/c1-16-13-4-2-3-10(17-13)8-18-12-7-9(15)5-6-11(12)14/h2-7H,8H2,1H3,(H,16,17). The number of anilines is 1. The van der Waals surface area contributed by atoms with Gasteiger partial charge in [0.15, 0.2) is 0 Å². The molecule has 5 heteroatoms. The Hall–Kier alpha value is -1.62. The number of ether oxygens (including phenoxy) is 1. The van der Waals surface area contributed by atoms with Crippen LogP contribution in [-0.2, 0) is 6.61 Å². The van der Waals surface area contributed by atoms with Crippen LogP contribution in [0.1, 0.15) is 5.69 Å². The van der Waals surface area contributed by atoms with Gasteiger partial charge >= 0.3 is 0 Å². The molecule has 0 bridgehead atoms. The minimum absolute atomic E-state index is 0.289. The molecule has 0 aliphatic rings. The van der Waals surface area contributed by atoms with Crippen molar-refractivity contribution in [1.82, 2.24) is 4.98 Å². The highest BCUT2D eigenvalue weighted by atomic mass is 79.9. The second-order valence-electron chi connectivity index (χ2n) is 3.63. The minimum Gasteiger partial charge on any atom is -0.486 e. The van der Waals surface area contributed by atoms with Crippen molar-refractivity contribution in [3.8, 4) is 5.75 Å². The van der Waals surface area contributed by atoms with E-state index in [1.807, 2.05) is 18.2 Å². The quantitative estimate of drug-likeness (QED) is 0.937. The predicted molar refractivity (Wildman–Crippen MR) is 72.2 cm³/mol. The Bertz CT molecular complexity index is 548. The summed E-state index contributed by atoms with van der Waals surface area (Å²) in [6, 6.07) is 9.93. The van der Waals surface area contributed by atoms with Gasteiger partial charge in [0.05, 0.1) is 10.2 Å². The van der Waals surface area contributed by atoms with E-state index in [9.17, 15) is 4.39 Å². The van der Waals surface area contributed by atoms with Crippen LogP contribution in [0.5, 0.6) is 5.75 Å². The molecule has 1 heterocycles. The summed E-state index contributed by atoms with van der Waals surface area (Å²) in [5, 5.41) is 2.95. The van der Waals surface area contributed by atoms with E-state index >= 15 is 0 Å². The first-order chi connectivity index (χ1) is 8.69. The van der Waals surface area contributed by atoms with Gasteiger partial charge in [-0.25, -0.2) is 9.37 Å². The van der Waals surface area contributed by atoms with Gasteiger partial charge < -0.3 is 10.1 Å². The monoisotopic (exact) mass is 310 g/mol. The van der Waals surface area contributed by atoms with Crippen LogP contribution in [-0.4, -0.2) is 12.0 Å². The lowest BCUT2D eigenvalue weighted by Crippen LogP contribution is -2.01. The maximum atomic E-state index is 13.1. The zero-order valence-electron chi connectivity index (χ0n) is 9.78. The lowest BCUT2D eigenvalue weighted by atomic mass is 10.3. The molecule has 0 aliphatic heterocycles. The highest BCUT2D eigenvalue weighted by Gasteiger charge is 2.04. The molecule has 0 atom stereocenters. The van der Waals surface area contributed by atoms with Crippen molar-refractivity contribution in [3.05, 3.63) is 52.4 Å². The van der Waals surface area contributed by atoms with Crippen LogP contribution in [0, 0.1) is 5.82 Å². The van der Waals surface area contributed by atoms with Gasteiger partial charge in [-0.3, -0.25) is 0 Å². The second-order valence-corrected chi connectivity index (χ2v) is 4.48. The number of aromatic nitrogens is 1. The molecule has 0 fully saturated rings. The number of rotatable bonds is 4. The largest absolute Gasteiger partial charge is 0.486 e. The number of benzene rings is 1. The normalized spacial score (nSPS) is 10.2. The summed E-state index contributed by atoms with van der Waals surface area (Å²) in [6.07, 6.45) is 0. The van der Waals surface area contributed by atoms with Crippen molar-refractivity contribution in [2.24, 2.45) is 0 Å². The van der Waals surface area contributed by atoms with Crippen molar-refractivity contribution < 1.29 is 9.13 Å². The number of hydrogen-bond acceptors (Lipinski definition) is 3. The fourth-order valence-corrected chi connectivity index (χ4v) is 1.80. The van der Waals surface area contributed by atoms with Gasteiger partial charge in [-0.15, -0.1) is 0 Å². The summed E-state index contributed by atoms with van der Waals surface area (Å²) in [6.45, 7) is 0.289. The summed E-state index contributed by atoms with van der Waals surface area (Å²) in [4.78, 5) is 4.31. The molecule has 0 amide bonds. The van der Waals surface area contributed by atoms with E-state index in [0.717, 1.165) is 11.5 Å². The SMILES string of the molecule is CNc1cccc(COc2cc(F)ccc2Br)n1. The van der Waals surface area contributed by atoms with E-state index in [0.29, 0.717) is 10.2 Å². The lowest BCUT2D eigenvalue weighted by molar-refractivity contribution is 0.298. The van der Waals surface area contributed by atoms with E-state index in [1.165, 1.54) is 12.1 Å². The molecule has 2 aromatic rings. The van der Waals surface area contributed by atoms with Crippen LogP contribution < -0.4 is 10.1 Å². The van der Waals surface area contributed by atoms with E-state index in [-0.39, 0.29) is 12.4 Å². The van der Waals surface area contributed by atoms with Crippen molar-refractivity contribution in [2.45, 2.75) is 6.61 Å². The number of pyridine rings is 1. The van der Waals surface area contributed by atoms with Crippen LogP contribution in [0.25, 0.3) is 0 Å². The van der Waals surface area contributed by atoms with E-state index < -0.39 is 0 Å². The van der Waals surface area contributed by atoms with Gasteiger partial charge in [-0.05, 0) is 40.2 Å². The summed E-state index contributed by atoms with van der Waals surface area (Å²) in [5.41, 5.74) is 0.776. The minimum atomic E-state index is -0.329. The molecule has 1 N–H and O–H groups in total. The van der Waals surface area contributed by atoms with E-state index in [1.54, 1.807) is 13.1 Å². The summed E-state index contributed by atoms with van der Waals surface area (Å²) >= 11 is 3.31. The highest BCUT2D eigenvalue weighted by molar-refractivity contribution is 9.10. The van der Waals surface area contributed by atoms with Gasteiger partial charge in [0.2, 0.25) is 0 Å².